The molecule has 0 saturated carbocycles. The fourth-order valence-corrected chi connectivity index (χ4v) is 2.73. The third-order valence-corrected chi connectivity index (χ3v) is 4.41. The maximum absolute atomic E-state index is 12.5. The number of esters is 1. The van der Waals surface area contributed by atoms with Gasteiger partial charge >= 0.3 is 5.97 Å². The molecule has 0 spiro atoms. The number of fused-ring (bicyclic) bond motifs is 1. The number of nitriles is 1. The largest absolute Gasteiger partial charge is 0.467 e. The van der Waals surface area contributed by atoms with Gasteiger partial charge in [0.15, 0.2) is 6.61 Å². The van der Waals surface area contributed by atoms with Gasteiger partial charge in [0.05, 0.1) is 53.3 Å². The van der Waals surface area contributed by atoms with Crippen molar-refractivity contribution in [3.05, 3.63) is 59.3 Å². The molecular formula is C21H20N4O4. The summed E-state index contributed by atoms with van der Waals surface area (Å²) in [4.78, 5) is 35.1. The summed E-state index contributed by atoms with van der Waals surface area (Å²) in [5, 5.41) is 8.81. The number of rotatable bonds is 7. The molecule has 0 aliphatic rings. The van der Waals surface area contributed by atoms with Crippen molar-refractivity contribution in [1.82, 2.24) is 14.9 Å². The van der Waals surface area contributed by atoms with E-state index in [1.165, 1.54) is 11.2 Å². The van der Waals surface area contributed by atoms with E-state index in [0.717, 1.165) is 11.4 Å². The third-order valence-electron chi connectivity index (χ3n) is 4.41. The summed E-state index contributed by atoms with van der Waals surface area (Å²) >= 11 is 0. The van der Waals surface area contributed by atoms with Crippen molar-refractivity contribution >= 4 is 22.9 Å². The molecule has 2 aromatic heterocycles. The molecule has 8 nitrogen and oxygen atoms in total. The molecule has 8 heteroatoms. The van der Waals surface area contributed by atoms with Crippen molar-refractivity contribution in [3.8, 4) is 6.07 Å². The van der Waals surface area contributed by atoms with Gasteiger partial charge < -0.3 is 14.1 Å². The van der Waals surface area contributed by atoms with Crippen LogP contribution in [0.5, 0.6) is 0 Å². The molecule has 3 rings (SSSR count). The average molecular weight is 392 g/mol. The predicted octanol–water partition coefficient (Wildman–Crippen LogP) is 2.94. The second-order valence-electron chi connectivity index (χ2n) is 6.48. The Morgan fingerprint density at radius 2 is 1.93 bits per heavy atom. The van der Waals surface area contributed by atoms with E-state index in [1.807, 2.05) is 19.9 Å². The van der Waals surface area contributed by atoms with Gasteiger partial charge in [-0.1, -0.05) is 0 Å². The van der Waals surface area contributed by atoms with Crippen LogP contribution in [0.4, 0.5) is 0 Å². The van der Waals surface area contributed by atoms with Gasteiger partial charge in [-0.25, -0.2) is 14.8 Å². The number of furan rings is 1. The van der Waals surface area contributed by atoms with Crippen LogP contribution in [0, 0.1) is 25.2 Å². The van der Waals surface area contributed by atoms with E-state index < -0.39 is 18.5 Å². The van der Waals surface area contributed by atoms with Crippen molar-refractivity contribution in [2.45, 2.75) is 26.8 Å². The molecule has 3 aromatic rings. The summed E-state index contributed by atoms with van der Waals surface area (Å²) in [6.07, 6.45) is 1.68. The molecule has 0 fully saturated rings. The first-order valence-electron chi connectivity index (χ1n) is 9.07. The molecule has 29 heavy (non-hydrogen) atoms. The van der Waals surface area contributed by atoms with Crippen molar-refractivity contribution < 1.29 is 18.7 Å². The molecular weight excluding hydrogens is 372 g/mol. The first-order valence-corrected chi connectivity index (χ1v) is 9.07. The number of carbonyl (C=O) groups excluding carboxylic acids is 2. The monoisotopic (exact) mass is 392 g/mol. The van der Waals surface area contributed by atoms with Gasteiger partial charge in [0, 0.05) is 6.54 Å². The molecule has 0 saturated heterocycles. The Labute approximate surface area is 167 Å². The van der Waals surface area contributed by atoms with Gasteiger partial charge in [-0.2, -0.15) is 5.26 Å². The number of benzene rings is 1. The van der Waals surface area contributed by atoms with E-state index in [4.69, 9.17) is 14.4 Å². The SMILES string of the molecule is Cc1nc2ccc(C(=O)OCC(=O)N(CCC#N)Cc3ccco3)cc2nc1C. The molecule has 0 aliphatic heterocycles. The number of hydrogen-bond acceptors (Lipinski definition) is 7. The van der Waals surface area contributed by atoms with Crippen LogP contribution < -0.4 is 0 Å². The van der Waals surface area contributed by atoms with Gasteiger partial charge in [-0.05, 0) is 44.2 Å². The topological polar surface area (TPSA) is 109 Å². The van der Waals surface area contributed by atoms with Gasteiger partial charge in [-0.3, -0.25) is 4.79 Å². The van der Waals surface area contributed by atoms with E-state index >= 15 is 0 Å². The normalized spacial score (nSPS) is 10.5. The molecule has 0 N–H and O–H groups in total. The standard InChI is InChI=1S/C21H20N4O4/c1-14-15(2)24-19-11-16(6-7-18(19)23-14)21(27)29-13-20(26)25(9-4-8-22)12-17-5-3-10-28-17/h3,5-7,10-11H,4,9,12-13H2,1-2H3. The number of amides is 1. The van der Waals surface area contributed by atoms with Gasteiger partial charge in [-0.15, -0.1) is 0 Å². The van der Waals surface area contributed by atoms with Crippen molar-refractivity contribution in [2.24, 2.45) is 0 Å². The minimum Gasteiger partial charge on any atom is -0.467 e. The van der Waals surface area contributed by atoms with E-state index in [1.54, 1.807) is 30.3 Å². The van der Waals surface area contributed by atoms with Crippen LogP contribution in [-0.4, -0.2) is 39.9 Å². The Bertz CT molecular complexity index is 1070. The minimum atomic E-state index is -0.626. The molecule has 1 aromatic carbocycles. The third kappa shape index (κ3) is 4.96. The van der Waals surface area contributed by atoms with E-state index in [-0.39, 0.29) is 25.1 Å². The van der Waals surface area contributed by atoms with Crippen LogP contribution in [-0.2, 0) is 16.1 Å². The Balaban J connectivity index is 1.66. The fraction of sp³-hybridized carbons (Fsp3) is 0.286. The van der Waals surface area contributed by atoms with Crippen molar-refractivity contribution in [2.75, 3.05) is 13.2 Å². The second kappa shape index (κ2) is 8.97. The van der Waals surface area contributed by atoms with Crippen LogP contribution in [0.15, 0.2) is 41.0 Å². The second-order valence-corrected chi connectivity index (χ2v) is 6.48. The highest BCUT2D eigenvalue weighted by Gasteiger charge is 2.18. The van der Waals surface area contributed by atoms with Crippen molar-refractivity contribution in [1.29, 1.82) is 5.26 Å². The van der Waals surface area contributed by atoms with E-state index in [2.05, 4.69) is 9.97 Å². The van der Waals surface area contributed by atoms with E-state index in [0.29, 0.717) is 16.8 Å². The Morgan fingerprint density at radius 1 is 1.17 bits per heavy atom. The predicted molar refractivity (Wildman–Crippen MR) is 104 cm³/mol. The molecule has 0 atom stereocenters. The molecule has 0 aliphatic carbocycles. The maximum Gasteiger partial charge on any atom is 0.338 e. The van der Waals surface area contributed by atoms with Crippen LogP contribution in [0.3, 0.4) is 0 Å². The van der Waals surface area contributed by atoms with Crippen molar-refractivity contribution in [3.63, 3.8) is 0 Å². The highest BCUT2D eigenvalue weighted by molar-refractivity contribution is 5.94. The van der Waals surface area contributed by atoms with E-state index in [9.17, 15) is 9.59 Å². The average Bonchev–Trinajstić information content (AvgIpc) is 3.22. The van der Waals surface area contributed by atoms with Crippen LogP contribution in [0.1, 0.15) is 33.9 Å². The van der Waals surface area contributed by atoms with Gasteiger partial charge in [0.25, 0.3) is 5.91 Å². The smallest absolute Gasteiger partial charge is 0.338 e. The minimum absolute atomic E-state index is 0.169. The molecule has 2 heterocycles. The lowest BCUT2D eigenvalue weighted by Gasteiger charge is -2.20. The lowest BCUT2D eigenvalue weighted by Crippen LogP contribution is -2.35. The maximum atomic E-state index is 12.5. The number of hydrogen-bond donors (Lipinski definition) is 0. The molecule has 0 unspecified atom stereocenters. The zero-order valence-corrected chi connectivity index (χ0v) is 16.2. The molecule has 0 radical (unpaired) electrons. The number of ether oxygens (including phenoxy) is 1. The fourth-order valence-electron chi connectivity index (χ4n) is 2.73. The Morgan fingerprint density at radius 3 is 2.62 bits per heavy atom. The molecule has 1 amide bonds. The summed E-state index contributed by atoms with van der Waals surface area (Å²) < 4.78 is 10.4. The van der Waals surface area contributed by atoms with Crippen LogP contribution >= 0.6 is 0 Å². The Hall–Kier alpha value is -3.73. The first kappa shape index (κ1) is 20.0. The summed E-state index contributed by atoms with van der Waals surface area (Å²) in [7, 11) is 0. The highest BCUT2D eigenvalue weighted by Crippen LogP contribution is 2.15. The van der Waals surface area contributed by atoms with Gasteiger partial charge in [0.2, 0.25) is 0 Å². The van der Waals surface area contributed by atoms with Crippen LogP contribution in [0.2, 0.25) is 0 Å². The molecule has 0 bridgehead atoms. The Kier molecular flexibility index (Phi) is 6.19. The summed E-state index contributed by atoms with van der Waals surface area (Å²) in [5.74, 6) is -0.447. The number of carbonyl (C=O) groups is 2. The summed E-state index contributed by atoms with van der Waals surface area (Å²) in [6, 6.07) is 10.3. The lowest BCUT2D eigenvalue weighted by atomic mass is 10.2. The number of aromatic nitrogens is 2. The number of aryl methyl sites for hydroxylation is 2. The molecule has 148 valence electrons. The first-order chi connectivity index (χ1) is 14.0. The lowest BCUT2D eigenvalue weighted by molar-refractivity contribution is -0.135. The zero-order chi connectivity index (χ0) is 20.8. The van der Waals surface area contributed by atoms with Crippen LogP contribution in [0.25, 0.3) is 11.0 Å². The number of nitrogens with zero attached hydrogens (tertiary/aromatic N) is 4. The zero-order valence-electron chi connectivity index (χ0n) is 16.2. The summed E-state index contributed by atoms with van der Waals surface area (Å²) in [6.45, 7) is 3.71. The quantitative estimate of drug-likeness (QED) is 0.569. The van der Waals surface area contributed by atoms with Gasteiger partial charge in [0.1, 0.15) is 5.76 Å². The summed E-state index contributed by atoms with van der Waals surface area (Å²) in [5.41, 5.74) is 3.17. The highest BCUT2D eigenvalue weighted by atomic mass is 16.5.